The molecule has 0 aliphatic heterocycles. The van der Waals surface area contributed by atoms with Crippen LogP contribution >= 0.6 is 11.6 Å². The van der Waals surface area contributed by atoms with Crippen LogP contribution < -0.4 is 5.32 Å². The summed E-state index contributed by atoms with van der Waals surface area (Å²) < 4.78 is 13.7. The summed E-state index contributed by atoms with van der Waals surface area (Å²) in [5, 5.41) is 10.1. The predicted octanol–water partition coefficient (Wildman–Crippen LogP) is 3.62. The van der Waals surface area contributed by atoms with E-state index in [0.717, 1.165) is 6.07 Å². The number of carbonyl (C=O) groups excluding carboxylic acids is 1. The summed E-state index contributed by atoms with van der Waals surface area (Å²) in [5.41, 5.74) is 0.808. The number of nitriles is 1. The second kappa shape index (κ2) is 6.18. The molecule has 2 aromatic rings. The molecule has 0 aliphatic rings. The van der Waals surface area contributed by atoms with Crippen molar-refractivity contribution >= 4 is 23.2 Å². The summed E-state index contributed by atoms with van der Waals surface area (Å²) in [7, 11) is 0. The summed E-state index contributed by atoms with van der Waals surface area (Å²) in [6, 6.07) is 14.4. The van der Waals surface area contributed by atoms with Gasteiger partial charge in [-0.05, 0) is 23.8 Å². The number of carbonyl (C=O) groups is 1. The molecular formula is C15H10ClFN2O. The number of hydrogen-bond acceptors (Lipinski definition) is 2. The Balaban J connectivity index is 2.14. The first-order valence-corrected chi connectivity index (χ1v) is 6.25. The number of rotatable bonds is 3. The van der Waals surface area contributed by atoms with Crippen LogP contribution in [0.25, 0.3) is 0 Å². The molecule has 1 amide bonds. The molecule has 2 rings (SSSR count). The standard InChI is InChI=1S/C15H10ClFN2O/c16-14(11-4-2-1-3-5-11)15(20)19-13-7-6-10(9-18)8-12(13)17/h1-8,14H,(H,19,20). The summed E-state index contributed by atoms with van der Waals surface area (Å²) in [5.74, 6) is -1.20. The van der Waals surface area contributed by atoms with E-state index in [2.05, 4.69) is 5.32 Å². The van der Waals surface area contributed by atoms with E-state index in [0.29, 0.717) is 5.56 Å². The largest absolute Gasteiger partial charge is 0.322 e. The van der Waals surface area contributed by atoms with Gasteiger partial charge in [0, 0.05) is 0 Å². The topological polar surface area (TPSA) is 52.9 Å². The van der Waals surface area contributed by atoms with Gasteiger partial charge in [0.25, 0.3) is 0 Å². The molecule has 20 heavy (non-hydrogen) atoms. The summed E-state index contributed by atoms with van der Waals surface area (Å²) in [4.78, 5) is 11.9. The Bertz CT molecular complexity index is 667. The quantitative estimate of drug-likeness (QED) is 0.877. The lowest BCUT2D eigenvalue weighted by atomic mass is 10.1. The maximum absolute atomic E-state index is 13.7. The lowest BCUT2D eigenvalue weighted by Crippen LogP contribution is -2.18. The highest BCUT2D eigenvalue weighted by atomic mass is 35.5. The van der Waals surface area contributed by atoms with Crippen LogP contribution in [0.1, 0.15) is 16.5 Å². The third-order valence-electron chi connectivity index (χ3n) is 2.68. The maximum atomic E-state index is 13.7. The van der Waals surface area contributed by atoms with Crippen LogP contribution in [0.15, 0.2) is 48.5 Å². The molecule has 0 aromatic heterocycles. The Hall–Kier alpha value is -2.38. The molecule has 0 saturated heterocycles. The van der Waals surface area contributed by atoms with E-state index in [9.17, 15) is 9.18 Å². The van der Waals surface area contributed by atoms with Crippen molar-refractivity contribution in [3.8, 4) is 6.07 Å². The molecule has 1 unspecified atom stereocenters. The SMILES string of the molecule is N#Cc1ccc(NC(=O)C(Cl)c2ccccc2)c(F)c1. The third kappa shape index (κ3) is 3.14. The highest BCUT2D eigenvalue weighted by Gasteiger charge is 2.18. The number of nitrogens with zero attached hydrogens (tertiary/aromatic N) is 1. The molecule has 0 bridgehead atoms. The van der Waals surface area contributed by atoms with Gasteiger partial charge < -0.3 is 5.32 Å². The minimum Gasteiger partial charge on any atom is -0.322 e. The van der Waals surface area contributed by atoms with Crippen molar-refractivity contribution < 1.29 is 9.18 Å². The zero-order chi connectivity index (χ0) is 14.5. The summed E-state index contributed by atoms with van der Waals surface area (Å²) in [6.07, 6.45) is 0. The molecule has 1 atom stereocenters. The minimum atomic E-state index is -0.911. The van der Waals surface area contributed by atoms with E-state index in [1.807, 2.05) is 12.1 Å². The maximum Gasteiger partial charge on any atom is 0.247 e. The smallest absolute Gasteiger partial charge is 0.247 e. The molecule has 0 spiro atoms. The van der Waals surface area contributed by atoms with Crippen LogP contribution in [0.2, 0.25) is 0 Å². The van der Waals surface area contributed by atoms with Crippen molar-refractivity contribution in [3.05, 3.63) is 65.5 Å². The highest BCUT2D eigenvalue weighted by molar-refractivity contribution is 6.32. The van der Waals surface area contributed by atoms with Crippen LogP contribution in [0.5, 0.6) is 0 Å². The molecular weight excluding hydrogens is 279 g/mol. The van der Waals surface area contributed by atoms with Gasteiger partial charge in [-0.25, -0.2) is 4.39 Å². The van der Waals surface area contributed by atoms with Crippen LogP contribution in [0.3, 0.4) is 0 Å². The Kier molecular flexibility index (Phi) is 4.34. The van der Waals surface area contributed by atoms with E-state index < -0.39 is 17.1 Å². The summed E-state index contributed by atoms with van der Waals surface area (Å²) >= 11 is 6.03. The van der Waals surface area contributed by atoms with Crippen molar-refractivity contribution in [1.29, 1.82) is 5.26 Å². The predicted molar refractivity (Wildman–Crippen MR) is 74.8 cm³/mol. The minimum absolute atomic E-state index is 0.00409. The Morgan fingerprint density at radius 3 is 2.55 bits per heavy atom. The van der Waals surface area contributed by atoms with Gasteiger partial charge in [-0.2, -0.15) is 5.26 Å². The lowest BCUT2D eigenvalue weighted by molar-refractivity contribution is -0.116. The van der Waals surface area contributed by atoms with Gasteiger partial charge in [0.05, 0.1) is 17.3 Å². The molecule has 0 saturated carbocycles. The number of hydrogen-bond donors (Lipinski definition) is 1. The van der Waals surface area contributed by atoms with E-state index in [-0.39, 0.29) is 11.3 Å². The van der Waals surface area contributed by atoms with Gasteiger partial charge in [0.2, 0.25) is 5.91 Å². The Labute approximate surface area is 120 Å². The molecule has 3 nitrogen and oxygen atoms in total. The first-order chi connectivity index (χ1) is 9.61. The van der Waals surface area contributed by atoms with Crippen molar-refractivity contribution in [2.24, 2.45) is 0 Å². The second-order valence-corrected chi connectivity index (χ2v) is 4.51. The lowest BCUT2D eigenvalue weighted by Gasteiger charge is -2.11. The van der Waals surface area contributed by atoms with E-state index >= 15 is 0 Å². The van der Waals surface area contributed by atoms with Crippen LogP contribution in [0, 0.1) is 17.1 Å². The molecule has 0 radical (unpaired) electrons. The van der Waals surface area contributed by atoms with Gasteiger partial charge in [-0.1, -0.05) is 30.3 Å². The zero-order valence-electron chi connectivity index (χ0n) is 10.3. The normalized spacial score (nSPS) is 11.4. The fourth-order valence-electron chi connectivity index (χ4n) is 1.66. The zero-order valence-corrected chi connectivity index (χ0v) is 11.1. The molecule has 2 aromatic carbocycles. The van der Waals surface area contributed by atoms with Crippen molar-refractivity contribution in [2.75, 3.05) is 5.32 Å². The van der Waals surface area contributed by atoms with Crippen LogP contribution in [-0.2, 0) is 4.79 Å². The van der Waals surface area contributed by atoms with E-state index in [1.165, 1.54) is 12.1 Å². The molecule has 0 heterocycles. The molecule has 100 valence electrons. The number of anilines is 1. The first kappa shape index (κ1) is 14.0. The third-order valence-corrected chi connectivity index (χ3v) is 3.13. The van der Waals surface area contributed by atoms with Gasteiger partial charge in [0.15, 0.2) is 0 Å². The van der Waals surface area contributed by atoms with E-state index in [4.69, 9.17) is 16.9 Å². The average molecular weight is 289 g/mol. The number of halogens is 2. The van der Waals surface area contributed by atoms with Gasteiger partial charge >= 0.3 is 0 Å². The number of benzene rings is 2. The number of amides is 1. The van der Waals surface area contributed by atoms with Gasteiger partial charge in [-0.15, -0.1) is 11.6 Å². The number of alkyl halides is 1. The van der Waals surface area contributed by atoms with Crippen molar-refractivity contribution in [1.82, 2.24) is 0 Å². The van der Waals surface area contributed by atoms with E-state index in [1.54, 1.807) is 24.3 Å². The summed E-state index contributed by atoms with van der Waals surface area (Å²) in [6.45, 7) is 0. The fraction of sp³-hybridized carbons (Fsp3) is 0.0667. The highest BCUT2D eigenvalue weighted by Crippen LogP contribution is 2.23. The van der Waals surface area contributed by atoms with Gasteiger partial charge in [-0.3, -0.25) is 4.79 Å². The van der Waals surface area contributed by atoms with Gasteiger partial charge in [0.1, 0.15) is 11.2 Å². The number of nitrogens with one attached hydrogen (secondary N) is 1. The van der Waals surface area contributed by atoms with Crippen LogP contribution in [-0.4, -0.2) is 5.91 Å². The Morgan fingerprint density at radius 2 is 1.95 bits per heavy atom. The molecule has 0 aliphatic carbocycles. The monoisotopic (exact) mass is 288 g/mol. The fourth-order valence-corrected chi connectivity index (χ4v) is 1.86. The van der Waals surface area contributed by atoms with Crippen LogP contribution in [0.4, 0.5) is 10.1 Å². The second-order valence-electron chi connectivity index (χ2n) is 4.07. The van der Waals surface area contributed by atoms with Crippen molar-refractivity contribution in [2.45, 2.75) is 5.38 Å². The first-order valence-electron chi connectivity index (χ1n) is 5.81. The molecule has 1 N–H and O–H groups in total. The average Bonchev–Trinajstić information content (AvgIpc) is 2.49. The van der Waals surface area contributed by atoms with Crippen molar-refractivity contribution in [3.63, 3.8) is 0 Å². The molecule has 5 heteroatoms. The molecule has 0 fully saturated rings. The Morgan fingerprint density at radius 1 is 1.25 bits per heavy atom.